The lowest BCUT2D eigenvalue weighted by Gasteiger charge is -2.23. The highest BCUT2D eigenvalue weighted by molar-refractivity contribution is 6.05. The minimum atomic E-state index is -0.634. The number of fused-ring (bicyclic) bond motifs is 1. The molecule has 26 heavy (non-hydrogen) atoms. The van der Waals surface area contributed by atoms with Gasteiger partial charge in [-0.2, -0.15) is 5.10 Å². The molecule has 1 saturated heterocycles. The second kappa shape index (κ2) is 6.95. The smallest absolute Gasteiger partial charge is 0.412 e. The molecule has 8 heteroatoms. The van der Waals surface area contributed by atoms with Crippen molar-refractivity contribution in [1.29, 1.82) is 0 Å². The zero-order chi connectivity index (χ0) is 18.9. The number of aromatic nitrogens is 2. The van der Waals surface area contributed by atoms with E-state index in [1.807, 2.05) is 0 Å². The number of hydrogen-bond donors (Lipinski definition) is 2. The maximum absolute atomic E-state index is 12.2. The maximum atomic E-state index is 12.2. The van der Waals surface area contributed by atoms with Crippen molar-refractivity contribution in [3.63, 3.8) is 0 Å². The zero-order valence-corrected chi connectivity index (χ0v) is 15.2. The van der Waals surface area contributed by atoms with E-state index in [0.717, 1.165) is 19.3 Å². The molecule has 0 aliphatic carbocycles. The standard InChI is InChI=1S/C18H24N4O4/c1-18(2,3)26-17(24)21-13-8-11(16(19)23)9-14-12(13)10-20-22(14)15-6-4-5-7-25-15/h8-10,15H,4-7H2,1-3H3,(H2,19,23)(H,21,24). The molecule has 140 valence electrons. The Kier molecular flexibility index (Phi) is 4.86. The van der Waals surface area contributed by atoms with Crippen LogP contribution in [0.5, 0.6) is 0 Å². The first kappa shape index (κ1) is 18.2. The number of carbonyl (C=O) groups excluding carboxylic acids is 2. The number of nitrogens with two attached hydrogens (primary N) is 1. The Bertz CT molecular complexity index is 832. The van der Waals surface area contributed by atoms with Gasteiger partial charge >= 0.3 is 6.09 Å². The number of benzene rings is 1. The van der Waals surface area contributed by atoms with Gasteiger partial charge in [-0.1, -0.05) is 0 Å². The summed E-state index contributed by atoms with van der Waals surface area (Å²) in [6.45, 7) is 6.01. The monoisotopic (exact) mass is 360 g/mol. The largest absolute Gasteiger partial charge is 0.444 e. The maximum Gasteiger partial charge on any atom is 0.412 e. The molecule has 1 aromatic carbocycles. The van der Waals surface area contributed by atoms with Crippen molar-refractivity contribution in [2.75, 3.05) is 11.9 Å². The highest BCUT2D eigenvalue weighted by atomic mass is 16.6. The number of ether oxygens (including phenoxy) is 2. The van der Waals surface area contributed by atoms with Crippen molar-refractivity contribution in [1.82, 2.24) is 9.78 Å². The van der Waals surface area contributed by atoms with Crippen LogP contribution in [0.15, 0.2) is 18.3 Å². The molecule has 1 aromatic heterocycles. The van der Waals surface area contributed by atoms with Crippen molar-refractivity contribution < 1.29 is 19.1 Å². The van der Waals surface area contributed by atoms with E-state index >= 15 is 0 Å². The third kappa shape index (κ3) is 3.96. The molecule has 2 amide bonds. The summed E-state index contributed by atoms with van der Waals surface area (Å²) in [4.78, 5) is 23.9. The molecular weight excluding hydrogens is 336 g/mol. The molecule has 1 aliphatic heterocycles. The Hall–Kier alpha value is -2.61. The normalized spacial score (nSPS) is 17.9. The van der Waals surface area contributed by atoms with Crippen LogP contribution in [0.25, 0.3) is 10.9 Å². The summed E-state index contributed by atoms with van der Waals surface area (Å²) < 4.78 is 12.8. The quantitative estimate of drug-likeness (QED) is 0.874. The van der Waals surface area contributed by atoms with Crippen molar-refractivity contribution >= 4 is 28.6 Å². The number of nitrogens with one attached hydrogen (secondary N) is 1. The minimum absolute atomic E-state index is 0.196. The number of anilines is 1. The molecule has 0 saturated carbocycles. The molecule has 8 nitrogen and oxygen atoms in total. The fourth-order valence-electron chi connectivity index (χ4n) is 2.95. The molecular formula is C18H24N4O4. The lowest BCUT2D eigenvalue weighted by Crippen LogP contribution is -2.27. The van der Waals surface area contributed by atoms with E-state index in [4.69, 9.17) is 15.2 Å². The van der Waals surface area contributed by atoms with Gasteiger partial charge in [0.15, 0.2) is 6.23 Å². The van der Waals surface area contributed by atoms with Gasteiger partial charge in [-0.3, -0.25) is 10.1 Å². The van der Waals surface area contributed by atoms with Gasteiger partial charge in [0.05, 0.1) is 17.4 Å². The summed E-state index contributed by atoms with van der Waals surface area (Å²) in [6, 6.07) is 3.20. The van der Waals surface area contributed by atoms with Gasteiger partial charge < -0.3 is 15.2 Å². The van der Waals surface area contributed by atoms with Crippen LogP contribution in [0.4, 0.5) is 10.5 Å². The molecule has 3 rings (SSSR count). The number of hydrogen-bond acceptors (Lipinski definition) is 5. The molecule has 1 fully saturated rings. The first-order chi connectivity index (χ1) is 12.2. The number of rotatable bonds is 3. The summed E-state index contributed by atoms with van der Waals surface area (Å²) in [5.41, 5.74) is 6.21. The van der Waals surface area contributed by atoms with Crippen molar-refractivity contribution in [3.8, 4) is 0 Å². The molecule has 2 heterocycles. The average Bonchev–Trinajstić information content (AvgIpc) is 2.98. The van der Waals surface area contributed by atoms with Gasteiger partial charge in [0.1, 0.15) is 5.60 Å². The molecule has 0 spiro atoms. The van der Waals surface area contributed by atoms with Crippen LogP contribution in [0.2, 0.25) is 0 Å². The Morgan fingerprint density at radius 3 is 2.73 bits per heavy atom. The average molecular weight is 360 g/mol. The predicted octanol–water partition coefficient (Wildman–Crippen LogP) is 3.18. The lowest BCUT2D eigenvalue weighted by atomic mass is 10.1. The van der Waals surface area contributed by atoms with E-state index in [9.17, 15) is 9.59 Å². The van der Waals surface area contributed by atoms with E-state index in [0.29, 0.717) is 23.2 Å². The zero-order valence-electron chi connectivity index (χ0n) is 15.2. The van der Waals surface area contributed by atoms with Gasteiger partial charge in [-0.05, 0) is 52.2 Å². The second-order valence-corrected chi connectivity index (χ2v) is 7.36. The van der Waals surface area contributed by atoms with E-state index in [1.165, 1.54) is 6.07 Å². The highest BCUT2D eigenvalue weighted by Gasteiger charge is 2.22. The van der Waals surface area contributed by atoms with Gasteiger partial charge in [0.2, 0.25) is 5.91 Å². The predicted molar refractivity (Wildman–Crippen MR) is 96.9 cm³/mol. The van der Waals surface area contributed by atoms with Gasteiger partial charge in [0.25, 0.3) is 0 Å². The van der Waals surface area contributed by atoms with Gasteiger partial charge in [-0.15, -0.1) is 0 Å². The molecule has 2 aromatic rings. The van der Waals surface area contributed by atoms with E-state index in [2.05, 4.69) is 10.4 Å². The van der Waals surface area contributed by atoms with Crippen LogP contribution in [-0.4, -0.2) is 34.0 Å². The molecule has 1 atom stereocenters. The summed E-state index contributed by atoms with van der Waals surface area (Å²) in [5, 5.41) is 7.79. The SMILES string of the molecule is CC(C)(C)OC(=O)Nc1cc(C(N)=O)cc2c1cnn2C1CCCCO1. The number of amides is 2. The molecule has 1 unspecified atom stereocenters. The van der Waals surface area contributed by atoms with Gasteiger partial charge in [-0.25, -0.2) is 9.48 Å². The highest BCUT2D eigenvalue weighted by Crippen LogP contribution is 2.31. The Morgan fingerprint density at radius 1 is 1.35 bits per heavy atom. The Balaban J connectivity index is 2.00. The number of carbonyl (C=O) groups is 2. The third-order valence-corrected chi connectivity index (χ3v) is 4.06. The van der Waals surface area contributed by atoms with E-state index in [-0.39, 0.29) is 11.8 Å². The molecule has 0 bridgehead atoms. The number of primary amides is 1. The second-order valence-electron chi connectivity index (χ2n) is 7.36. The number of nitrogens with zero attached hydrogens (tertiary/aromatic N) is 2. The van der Waals surface area contributed by atoms with Crippen molar-refractivity contribution in [3.05, 3.63) is 23.9 Å². The van der Waals surface area contributed by atoms with Crippen molar-refractivity contribution in [2.45, 2.75) is 51.9 Å². The summed E-state index contributed by atoms with van der Waals surface area (Å²) in [6.07, 6.45) is 3.75. The fraction of sp³-hybridized carbons (Fsp3) is 0.500. The van der Waals surface area contributed by atoms with E-state index < -0.39 is 17.6 Å². The van der Waals surface area contributed by atoms with Crippen LogP contribution >= 0.6 is 0 Å². The topological polar surface area (TPSA) is 108 Å². The molecule has 1 aliphatic rings. The van der Waals surface area contributed by atoms with Crippen LogP contribution in [0.1, 0.15) is 56.6 Å². The van der Waals surface area contributed by atoms with Crippen molar-refractivity contribution in [2.24, 2.45) is 5.73 Å². The fourth-order valence-corrected chi connectivity index (χ4v) is 2.95. The summed E-state index contributed by atoms with van der Waals surface area (Å²) in [7, 11) is 0. The summed E-state index contributed by atoms with van der Waals surface area (Å²) in [5.74, 6) is -0.587. The van der Waals surface area contributed by atoms with Crippen LogP contribution in [0, 0.1) is 0 Å². The lowest BCUT2D eigenvalue weighted by molar-refractivity contribution is -0.0366. The Labute approximate surface area is 151 Å². The first-order valence-corrected chi connectivity index (χ1v) is 8.67. The third-order valence-electron chi connectivity index (χ3n) is 4.06. The summed E-state index contributed by atoms with van der Waals surface area (Å²) >= 11 is 0. The van der Waals surface area contributed by atoms with Crippen LogP contribution in [0.3, 0.4) is 0 Å². The van der Waals surface area contributed by atoms with Crippen LogP contribution < -0.4 is 11.1 Å². The van der Waals surface area contributed by atoms with E-state index in [1.54, 1.807) is 37.7 Å². The van der Waals surface area contributed by atoms with Gasteiger partial charge in [0, 0.05) is 17.6 Å². The first-order valence-electron chi connectivity index (χ1n) is 8.67. The molecule has 3 N–H and O–H groups in total. The minimum Gasteiger partial charge on any atom is -0.444 e. The molecule has 0 radical (unpaired) electrons. The Morgan fingerprint density at radius 2 is 2.12 bits per heavy atom. The van der Waals surface area contributed by atoms with Crippen LogP contribution in [-0.2, 0) is 9.47 Å².